The summed E-state index contributed by atoms with van der Waals surface area (Å²) in [5.41, 5.74) is 2.00. The normalized spacial score (nSPS) is 11.1. The number of nitrogens with one attached hydrogen (secondary N) is 2. The van der Waals surface area contributed by atoms with Gasteiger partial charge in [-0.25, -0.2) is 8.42 Å². The van der Waals surface area contributed by atoms with Crippen LogP contribution in [0.1, 0.15) is 23.0 Å². The van der Waals surface area contributed by atoms with Gasteiger partial charge >= 0.3 is 0 Å². The first-order valence-electron chi connectivity index (χ1n) is 8.36. The Labute approximate surface area is 162 Å². The lowest BCUT2D eigenvalue weighted by molar-refractivity contribution is -0.114. The molecule has 0 spiro atoms. The number of aryl methyl sites for hydroxylation is 1. The lowest BCUT2D eigenvalue weighted by Crippen LogP contribution is -2.11. The zero-order chi connectivity index (χ0) is 20.3. The van der Waals surface area contributed by atoms with Gasteiger partial charge in [0, 0.05) is 18.3 Å². The number of anilines is 2. The average molecular weight is 398 g/mol. The van der Waals surface area contributed by atoms with Crippen molar-refractivity contribution in [2.75, 3.05) is 10.6 Å². The summed E-state index contributed by atoms with van der Waals surface area (Å²) in [6.45, 7) is 3.25. The number of hydrogen-bond donors (Lipinski definition) is 2. The number of amides is 2. The van der Waals surface area contributed by atoms with Crippen LogP contribution in [-0.2, 0) is 14.6 Å². The topological polar surface area (TPSA) is 105 Å². The first-order chi connectivity index (χ1) is 13.3. The predicted molar refractivity (Wildman–Crippen MR) is 104 cm³/mol. The molecule has 3 rings (SSSR count). The SMILES string of the molecule is CC(=O)Nc1ccc(NC(=O)c2ccc(S(=O)(=O)c3ccc(C)cc3)o2)cc1. The molecule has 2 N–H and O–H groups in total. The summed E-state index contributed by atoms with van der Waals surface area (Å²) >= 11 is 0. The van der Waals surface area contributed by atoms with Crippen molar-refractivity contribution >= 4 is 33.0 Å². The molecule has 1 aromatic heterocycles. The van der Waals surface area contributed by atoms with Crippen LogP contribution in [-0.4, -0.2) is 20.2 Å². The molecule has 0 aliphatic carbocycles. The van der Waals surface area contributed by atoms with Crippen molar-refractivity contribution in [1.29, 1.82) is 0 Å². The summed E-state index contributed by atoms with van der Waals surface area (Å²) in [5.74, 6) is -0.913. The molecule has 0 bridgehead atoms. The van der Waals surface area contributed by atoms with Crippen LogP contribution in [0, 0.1) is 6.92 Å². The highest BCUT2D eigenvalue weighted by molar-refractivity contribution is 7.91. The lowest BCUT2D eigenvalue weighted by atomic mass is 10.2. The third-order valence-electron chi connectivity index (χ3n) is 3.86. The molecule has 1 heterocycles. The Kier molecular flexibility index (Phi) is 5.32. The van der Waals surface area contributed by atoms with Crippen LogP contribution >= 0.6 is 0 Å². The minimum absolute atomic E-state index is 0.0907. The van der Waals surface area contributed by atoms with Crippen molar-refractivity contribution in [3.8, 4) is 0 Å². The van der Waals surface area contributed by atoms with Crippen LogP contribution in [0.2, 0.25) is 0 Å². The van der Waals surface area contributed by atoms with E-state index in [1.54, 1.807) is 36.4 Å². The summed E-state index contributed by atoms with van der Waals surface area (Å²) in [7, 11) is -3.85. The second-order valence-corrected chi connectivity index (χ2v) is 8.03. The van der Waals surface area contributed by atoms with Gasteiger partial charge in [0.15, 0.2) is 5.76 Å². The van der Waals surface area contributed by atoms with Crippen molar-refractivity contribution in [3.63, 3.8) is 0 Å². The molecule has 0 aliphatic rings. The van der Waals surface area contributed by atoms with E-state index in [1.165, 1.54) is 31.2 Å². The highest BCUT2D eigenvalue weighted by atomic mass is 32.2. The van der Waals surface area contributed by atoms with Crippen LogP contribution in [0.4, 0.5) is 11.4 Å². The van der Waals surface area contributed by atoms with Gasteiger partial charge in [0.1, 0.15) is 0 Å². The molecular weight excluding hydrogens is 380 g/mol. The van der Waals surface area contributed by atoms with Crippen molar-refractivity contribution in [1.82, 2.24) is 0 Å². The standard InChI is InChI=1S/C20H18N2O5S/c1-13-3-9-17(10-4-13)28(25,26)19-12-11-18(27-19)20(24)22-16-7-5-15(6-8-16)21-14(2)23/h3-12H,1-2H3,(H,21,23)(H,22,24). The first kappa shape index (κ1) is 19.4. The number of furan rings is 1. The molecule has 0 saturated heterocycles. The van der Waals surface area contributed by atoms with Crippen LogP contribution in [0.3, 0.4) is 0 Å². The minimum atomic E-state index is -3.85. The van der Waals surface area contributed by atoms with E-state index in [1.807, 2.05) is 6.92 Å². The summed E-state index contributed by atoms with van der Waals surface area (Å²) < 4.78 is 30.5. The number of hydrogen-bond acceptors (Lipinski definition) is 5. The minimum Gasteiger partial charge on any atom is -0.439 e. The molecule has 0 unspecified atom stereocenters. The largest absolute Gasteiger partial charge is 0.439 e. The maximum atomic E-state index is 12.6. The molecule has 0 aliphatic heterocycles. The summed E-state index contributed by atoms with van der Waals surface area (Å²) in [6, 6.07) is 15.4. The molecule has 3 aromatic rings. The Morgan fingerprint density at radius 3 is 1.96 bits per heavy atom. The van der Waals surface area contributed by atoms with Crippen LogP contribution in [0.25, 0.3) is 0 Å². The number of sulfone groups is 1. The zero-order valence-corrected chi connectivity index (χ0v) is 16.0. The lowest BCUT2D eigenvalue weighted by Gasteiger charge is -2.06. The Bertz CT molecular complexity index is 1110. The third-order valence-corrected chi connectivity index (χ3v) is 5.51. The maximum Gasteiger partial charge on any atom is 0.291 e. The van der Waals surface area contributed by atoms with Gasteiger partial charge in [0.2, 0.25) is 20.8 Å². The fourth-order valence-electron chi connectivity index (χ4n) is 2.45. The van der Waals surface area contributed by atoms with E-state index >= 15 is 0 Å². The molecule has 0 fully saturated rings. The van der Waals surface area contributed by atoms with E-state index in [0.717, 1.165) is 5.56 Å². The molecule has 28 heavy (non-hydrogen) atoms. The second-order valence-electron chi connectivity index (χ2n) is 6.15. The Balaban J connectivity index is 1.75. The second kappa shape index (κ2) is 7.69. The first-order valence-corrected chi connectivity index (χ1v) is 9.84. The van der Waals surface area contributed by atoms with Gasteiger partial charge in [-0.2, -0.15) is 0 Å². The van der Waals surface area contributed by atoms with E-state index in [0.29, 0.717) is 11.4 Å². The van der Waals surface area contributed by atoms with Crippen LogP contribution in [0.15, 0.2) is 75.1 Å². The van der Waals surface area contributed by atoms with Gasteiger partial charge in [-0.15, -0.1) is 0 Å². The van der Waals surface area contributed by atoms with E-state index in [9.17, 15) is 18.0 Å². The highest BCUT2D eigenvalue weighted by Gasteiger charge is 2.23. The quantitative estimate of drug-likeness (QED) is 0.683. The van der Waals surface area contributed by atoms with E-state index in [-0.39, 0.29) is 21.7 Å². The fourth-order valence-corrected chi connectivity index (χ4v) is 3.63. The molecule has 2 aromatic carbocycles. The number of carbonyl (C=O) groups is 2. The summed E-state index contributed by atoms with van der Waals surface area (Å²) in [6.07, 6.45) is 0. The monoisotopic (exact) mass is 398 g/mol. The maximum absolute atomic E-state index is 12.6. The van der Waals surface area contributed by atoms with E-state index < -0.39 is 15.7 Å². The number of carbonyl (C=O) groups excluding carboxylic acids is 2. The van der Waals surface area contributed by atoms with Gasteiger partial charge in [-0.3, -0.25) is 9.59 Å². The molecule has 0 atom stereocenters. The van der Waals surface area contributed by atoms with Gasteiger partial charge in [0.05, 0.1) is 4.90 Å². The predicted octanol–water partition coefficient (Wildman–Crippen LogP) is 3.63. The van der Waals surface area contributed by atoms with Crippen molar-refractivity contribution < 1.29 is 22.4 Å². The summed E-state index contributed by atoms with van der Waals surface area (Å²) in [5, 5.41) is 4.93. The van der Waals surface area contributed by atoms with Crippen molar-refractivity contribution in [2.45, 2.75) is 23.8 Å². The van der Waals surface area contributed by atoms with Gasteiger partial charge in [-0.1, -0.05) is 17.7 Å². The summed E-state index contributed by atoms with van der Waals surface area (Å²) in [4.78, 5) is 23.4. The van der Waals surface area contributed by atoms with Gasteiger partial charge in [-0.05, 0) is 55.5 Å². The average Bonchev–Trinajstić information content (AvgIpc) is 3.14. The molecule has 8 heteroatoms. The molecule has 0 saturated carbocycles. The number of benzene rings is 2. The van der Waals surface area contributed by atoms with Crippen molar-refractivity contribution in [2.24, 2.45) is 0 Å². The van der Waals surface area contributed by atoms with Crippen LogP contribution < -0.4 is 10.6 Å². The van der Waals surface area contributed by atoms with Crippen LogP contribution in [0.5, 0.6) is 0 Å². The Hall–Kier alpha value is -3.39. The van der Waals surface area contributed by atoms with Gasteiger partial charge < -0.3 is 15.1 Å². The molecule has 144 valence electrons. The molecule has 7 nitrogen and oxygen atoms in total. The Morgan fingerprint density at radius 1 is 0.821 bits per heavy atom. The zero-order valence-electron chi connectivity index (χ0n) is 15.2. The third kappa shape index (κ3) is 4.29. The van der Waals surface area contributed by atoms with E-state index in [4.69, 9.17) is 4.42 Å². The Morgan fingerprint density at radius 2 is 1.39 bits per heavy atom. The van der Waals surface area contributed by atoms with E-state index in [2.05, 4.69) is 10.6 Å². The highest BCUT2D eigenvalue weighted by Crippen LogP contribution is 2.24. The number of rotatable bonds is 5. The van der Waals surface area contributed by atoms with Crippen molar-refractivity contribution in [3.05, 3.63) is 72.0 Å². The molecule has 2 amide bonds. The smallest absolute Gasteiger partial charge is 0.291 e. The fraction of sp³-hybridized carbons (Fsp3) is 0.100. The molecule has 0 radical (unpaired) electrons. The van der Waals surface area contributed by atoms with Gasteiger partial charge in [0.25, 0.3) is 5.91 Å². The molecular formula is C20H18N2O5S.